The fourth-order valence-corrected chi connectivity index (χ4v) is 2.16. The van der Waals surface area contributed by atoms with Gasteiger partial charge in [0.15, 0.2) is 5.82 Å². The smallest absolute Gasteiger partial charge is 0.224 e. The summed E-state index contributed by atoms with van der Waals surface area (Å²) in [5, 5.41) is 3.28. The Kier molecular flexibility index (Phi) is 4.39. The van der Waals surface area contributed by atoms with Crippen LogP contribution in [0.3, 0.4) is 0 Å². The van der Waals surface area contributed by atoms with Crippen molar-refractivity contribution >= 4 is 23.4 Å². The van der Waals surface area contributed by atoms with Gasteiger partial charge >= 0.3 is 0 Å². The number of aromatic nitrogens is 2. The van der Waals surface area contributed by atoms with Gasteiger partial charge in [-0.1, -0.05) is 29.8 Å². The lowest BCUT2D eigenvalue weighted by Crippen LogP contribution is -2.24. The minimum atomic E-state index is -0.245. The van der Waals surface area contributed by atoms with Gasteiger partial charge in [-0.25, -0.2) is 9.37 Å². The zero-order valence-corrected chi connectivity index (χ0v) is 12.3. The first-order valence-corrected chi connectivity index (χ1v) is 6.60. The average molecular weight is 295 g/mol. The van der Waals surface area contributed by atoms with E-state index < -0.39 is 0 Å². The summed E-state index contributed by atoms with van der Waals surface area (Å²) in [5.41, 5.74) is 0.593. The molecule has 0 bridgehead atoms. The Labute approximate surface area is 122 Å². The van der Waals surface area contributed by atoms with Crippen LogP contribution in [0, 0.1) is 5.82 Å². The predicted molar refractivity (Wildman–Crippen MR) is 79.8 cm³/mol. The van der Waals surface area contributed by atoms with Crippen molar-refractivity contribution in [2.75, 3.05) is 24.3 Å². The topological polar surface area (TPSA) is 41.1 Å². The fourth-order valence-electron chi connectivity index (χ4n) is 1.93. The normalized spacial score (nSPS) is 12.1. The Morgan fingerprint density at radius 2 is 2.05 bits per heavy atom. The number of halogens is 2. The van der Waals surface area contributed by atoms with E-state index in [-0.39, 0.29) is 11.9 Å². The van der Waals surface area contributed by atoms with Gasteiger partial charge in [0.05, 0.1) is 12.2 Å². The molecule has 1 aromatic heterocycles. The Hall–Kier alpha value is -1.88. The zero-order valence-electron chi connectivity index (χ0n) is 11.6. The molecule has 20 heavy (non-hydrogen) atoms. The number of anilines is 2. The van der Waals surface area contributed by atoms with Crippen molar-refractivity contribution in [2.45, 2.75) is 13.0 Å². The van der Waals surface area contributed by atoms with Crippen molar-refractivity contribution in [3.05, 3.63) is 46.9 Å². The number of rotatable bonds is 4. The maximum absolute atomic E-state index is 13.9. The highest BCUT2D eigenvalue weighted by atomic mass is 35.5. The summed E-state index contributed by atoms with van der Waals surface area (Å²) in [7, 11) is 3.55. The first kappa shape index (κ1) is 14.5. The van der Waals surface area contributed by atoms with E-state index in [1.165, 1.54) is 12.3 Å². The molecule has 106 valence electrons. The largest absolute Gasteiger partial charge is 0.357 e. The molecule has 1 unspecified atom stereocenters. The fraction of sp³-hybridized carbons (Fsp3) is 0.286. The Balaban J connectivity index is 2.36. The molecular weight excluding hydrogens is 279 g/mol. The van der Waals surface area contributed by atoms with E-state index in [2.05, 4.69) is 15.3 Å². The van der Waals surface area contributed by atoms with E-state index >= 15 is 0 Å². The molecule has 1 aromatic carbocycles. The van der Waals surface area contributed by atoms with Crippen LogP contribution in [0.4, 0.5) is 16.2 Å². The molecule has 1 atom stereocenters. The quantitative estimate of drug-likeness (QED) is 0.937. The van der Waals surface area contributed by atoms with E-state index in [0.29, 0.717) is 22.4 Å². The van der Waals surface area contributed by atoms with Crippen molar-refractivity contribution in [3.63, 3.8) is 0 Å². The minimum absolute atomic E-state index is 0.201. The number of nitrogens with one attached hydrogen (secondary N) is 1. The Bertz CT molecular complexity index is 605. The lowest BCUT2D eigenvalue weighted by Gasteiger charge is -2.27. The summed E-state index contributed by atoms with van der Waals surface area (Å²) in [5.74, 6) is 0.782. The van der Waals surface area contributed by atoms with Crippen LogP contribution in [0.15, 0.2) is 30.5 Å². The molecule has 0 amide bonds. The van der Waals surface area contributed by atoms with Crippen molar-refractivity contribution in [1.29, 1.82) is 0 Å². The second kappa shape index (κ2) is 6.05. The van der Waals surface area contributed by atoms with E-state index in [0.717, 1.165) is 0 Å². The molecule has 0 aliphatic carbocycles. The van der Waals surface area contributed by atoms with Gasteiger partial charge in [-0.3, -0.25) is 0 Å². The average Bonchev–Trinajstić information content (AvgIpc) is 2.47. The third-order valence-corrected chi connectivity index (χ3v) is 3.49. The van der Waals surface area contributed by atoms with Gasteiger partial charge in [0.25, 0.3) is 0 Å². The number of benzene rings is 1. The molecule has 6 heteroatoms. The van der Waals surface area contributed by atoms with Gasteiger partial charge in [-0.15, -0.1) is 0 Å². The molecule has 0 radical (unpaired) electrons. The van der Waals surface area contributed by atoms with Gasteiger partial charge in [-0.05, 0) is 13.0 Å². The van der Waals surface area contributed by atoms with Crippen LogP contribution in [0.25, 0.3) is 0 Å². The van der Waals surface area contributed by atoms with Gasteiger partial charge in [0, 0.05) is 19.7 Å². The number of hydrogen-bond acceptors (Lipinski definition) is 4. The Morgan fingerprint density at radius 1 is 1.35 bits per heavy atom. The second-order valence-corrected chi connectivity index (χ2v) is 4.83. The molecule has 0 aliphatic heterocycles. The summed E-state index contributed by atoms with van der Waals surface area (Å²) < 4.78 is 13.9. The van der Waals surface area contributed by atoms with Crippen molar-refractivity contribution in [2.24, 2.45) is 0 Å². The van der Waals surface area contributed by atoms with Crippen molar-refractivity contribution in [1.82, 2.24) is 9.97 Å². The van der Waals surface area contributed by atoms with Crippen molar-refractivity contribution < 1.29 is 4.39 Å². The molecule has 2 rings (SSSR count). The molecule has 4 nitrogen and oxygen atoms in total. The van der Waals surface area contributed by atoms with Crippen LogP contribution in [-0.2, 0) is 0 Å². The highest BCUT2D eigenvalue weighted by Crippen LogP contribution is 2.30. The second-order valence-electron chi connectivity index (χ2n) is 4.42. The van der Waals surface area contributed by atoms with E-state index in [1.807, 2.05) is 24.9 Å². The molecule has 1 heterocycles. The lowest BCUT2D eigenvalue weighted by atomic mass is 10.1. The summed E-state index contributed by atoms with van der Waals surface area (Å²) in [6.07, 6.45) is 1.53. The molecule has 2 aromatic rings. The van der Waals surface area contributed by atoms with Crippen LogP contribution < -0.4 is 10.2 Å². The van der Waals surface area contributed by atoms with Crippen LogP contribution >= 0.6 is 11.6 Å². The van der Waals surface area contributed by atoms with Crippen molar-refractivity contribution in [3.8, 4) is 0 Å². The highest BCUT2D eigenvalue weighted by molar-refractivity contribution is 6.32. The first-order chi connectivity index (χ1) is 9.54. The zero-order chi connectivity index (χ0) is 14.7. The molecule has 0 saturated carbocycles. The number of hydrogen-bond donors (Lipinski definition) is 1. The summed E-state index contributed by atoms with van der Waals surface area (Å²) >= 11 is 6.13. The predicted octanol–water partition coefficient (Wildman–Crippen LogP) is 3.51. The van der Waals surface area contributed by atoms with Crippen LogP contribution in [0.1, 0.15) is 18.5 Å². The standard InChI is InChI=1S/C14H16ClFN4/c1-9(10-6-4-5-7-12(10)16)20(3)13-11(15)8-18-14(17-2)19-13/h4-9H,1-3H3,(H,17,18,19). The third-order valence-electron chi connectivity index (χ3n) is 3.22. The SMILES string of the molecule is CNc1ncc(Cl)c(N(C)C(C)c2ccccc2F)n1. The number of nitrogens with zero attached hydrogens (tertiary/aromatic N) is 3. The van der Waals surface area contributed by atoms with Gasteiger partial charge in [0.2, 0.25) is 5.95 Å². The summed E-state index contributed by atoms with van der Waals surface area (Å²) in [6.45, 7) is 1.90. The van der Waals surface area contributed by atoms with Gasteiger partial charge < -0.3 is 10.2 Å². The molecule has 0 aliphatic rings. The van der Waals surface area contributed by atoms with Crippen LogP contribution in [0.5, 0.6) is 0 Å². The molecule has 0 fully saturated rings. The van der Waals surface area contributed by atoms with E-state index in [1.54, 1.807) is 19.2 Å². The lowest BCUT2D eigenvalue weighted by molar-refractivity contribution is 0.584. The minimum Gasteiger partial charge on any atom is -0.357 e. The Morgan fingerprint density at radius 3 is 2.70 bits per heavy atom. The summed E-state index contributed by atoms with van der Waals surface area (Å²) in [4.78, 5) is 10.2. The van der Waals surface area contributed by atoms with Crippen LogP contribution in [-0.4, -0.2) is 24.1 Å². The monoisotopic (exact) mass is 294 g/mol. The molecule has 0 saturated heterocycles. The molecule has 0 spiro atoms. The van der Waals surface area contributed by atoms with Gasteiger partial charge in [0.1, 0.15) is 10.8 Å². The summed E-state index contributed by atoms with van der Waals surface area (Å²) in [6, 6.07) is 6.48. The maximum atomic E-state index is 13.9. The van der Waals surface area contributed by atoms with E-state index in [4.69, 9.17) is 11.6 Å². The third kappa shape index (κ3) is 2.82. The van der Waals surface area contributed by atoms with Gasteiger partial charge in [-0.2, -0.15) is 4.98 Å². The molecular formula is C14H16ClFN4. The first-order valence-electron chi connectivity index (χ1n) is 6.22. The highest BCUT2D eigenvalue weighted by Gasteiger charge is 2.19. The molecule has 1 N–H and O–H groups in total. The van der Waals surface area contributed by atoms with Crippen LogP contribution in [0.2, 0.25) is 5.02 Å². The van der Waals surface area contributed by atoms with E-state index in [9.17, 15) is 4.39 Å². The maximum Gasteiger partial charge on any atom is 0.224 e.